The standard InChI is InChI=1S/C20H29N3O3/c1-14-12-23(13-15(2)26-14)18(24)16-6-8-17(9-7-16)22-19(25)20(21)10-4-3-5-11-20/h6-9,14-15H,3-5,10-13,21H2,1-2H3,(H,22,25). The molecule has 1 aromatic carbocycles. The molecule has 0 aromatic heterocycles. The van der Waals surface area contributed by atoms with Gasteiger partial charge in [0.25, 0.3) is 5.91 Å². The summed E-state index contributed by atoms with van der Waals surface area (Å²) in [5.74, 6) is -0.139. The van der Waals surface area contributed by atoms with Crippen molar-refractivity contribution < 1.29 is 14.3 Å². The molecule has 2 amide bonds. The molecule has 6 heteroatoms. The van der Waals surface area contributed by atoms with E-state index in [1.54, 1.807) is 24.3 Å². The van der Waals surface area contributed by atoms with Gasteiger partial charge in [-0.25, -0.2) is 0 Å². The van der Waals surface area contributed by atoms with Crippen molar-refractivity contribution in [2.24, 2.45) is 5.73 Å². The summed E-state index contributed by atoms with van der Waals surface area (Å²) >= 11 is 0. The van der Waals surface area contributed by atoms with Gasteiger partial charge in [0.15, 0.2) is 0 Å². The van der Waals surface area contributed by atoms with Gasteiger partial charge < -0.3 is 20.7 Å². The number of carbonyl (C=O) groups is 2. The molecular weight excluding hydrogens is 330 g/mol. The predicted octanol–water partition coefficient (Wildman–Crippen LogP) is 2.54. The predicted molar refractivity (Wildman–Crippen MR) is 101 cm³/mol. The summed E-state index contributed by atoms with van der Waals surface area (Å²) in [5.41, 5.74) is 6.78. The summed E-state index contributed by atoms with van der Waals surface area (Å²) in [5, 5.41) is 2.90. The average molecular weight is 359 g/mol. The van der Waals surface area contributed by atoms with Crippen molar-refractivity contribution in [1.29, 1.82) is 0 Å². The topological polar surface area (TPSA) is 84.7 Å². The third kappa shape index (κ3) is 4.24. The Hall–Kier alpha value is -1.92. The highest BCUT2D eigenvalue weighted by Gasteiger charge is 2.35. The molecule has 3 rings (SSSR count). The van der Waals surface area contributed by atoms with Crippen molar-refractivity contribution in [1.82, 2.24) is 4.90 Å². The highest BCUT2D eigenvalue weighted by Crippen LogP contribution is 2.27. The number of hydrogen-bond acceptors (Lipinski definition) is 4. The van der Waals surface area contributed by atoms with E-state index >= 15 is 0 Å². The Morgan fingerprint density at radius 3 is 2.23 bits per heavy atom. The lowest BCUT2D eigenvalue weighted by Crippen LogP contribution is -2.52. The molecule has 6 nitrogen and oxygen atoms in total. The van der Waals surface area contributed by atoms with Crippen LogP contribution in [0.3, 0.4) is 0 Å². The van der Waals surface area contributed by atoms with E-state index in [0.717, 1.165) is 32.1 Å². The maximum absolute atomic E-state index is 12.7. The molecule has 3 N–H and O–H groups in total. The van der Waals surface area contributed by atoms with E-state index in [1.807, 2.05) is 18.7 Å². The Kier molecular flexibility index (Phi) is 5.63. The maximum Gasteiger partial charge on any atom is 0.254 e. The van der Waals surface area contributed by atoms with Crippen LogP contribution in [0.25, 0.3) is 0 Å². The number of morpholine rings is 1. The number of nitrogens with two attached hydrogens (primary N) is 1. The molecule has 2 aliphatic rings. The highest BCUT2D eigenvalue weighted by molar-refractivity contribution is 5.99. The normalized spacial score (nSPS) is 25.6. The van der Waals surface area contributed by atoms with Crippen LogP contribution in [0.4, 0.5) is 5.69 Å². The van der Waals surface area contributed by atoms with Gasteiger partial charge in [-0.15, -0.1) is 0 Å². The smallest absolute Gasteiger partial charge is 0.254 e. The summed E-state index contributed by atoms with van der Waals surface area (Å²) < 4.78 is 5.68. The van der Waals surface area contributed by atoms with Crippen molar-refractivity contribution in [3.63, 3.8) is 0 Å². The fourth-order valence-electron chi connectivity index (χ4n) is 3.89. The van der Waals surface area contributed by atoms with Crippen LogP contribution >= 0.6 is 0 Å². The van der Waals surface area contributed by atoms with E-state index in [4.69, 9.17) is 10.5 Å². The van der Waals surface area contributed by atoms with Crippen molar-refractivity contribution >= 4 is 17.5 Å². The fraction of sp³-hybridized carbons (Fsp3) is 0.600. The van der Waals surface area contributed by atoms with Crippen LogP contribution in [0.15, 0.2) is 24.3 Å². The van der Waals surface area contributed by atoms with Gasteiger partial charge in [-0.2, -0.15) is 0 Å². The minimum Gasteiger partial charge on any atom is -0.372 e. The maximum atomic E-state index is 12.7. The van der Waals surface area contributed by atoms with Crippen LogP contribution in [0.5, 0.6) is 0 Å². The summed E-state index contributed by atoms with van der Waals surface area (Å²) in [6.45, 7) is 5.14. The third-order valence-corrected chi connectivity index (χ3v) is 5.29. The zero-order chi connectivity index (χ0) is 18.7. The lowest BCUT2D eigenvalue weighted by atomic mass is 9.82. The van der Waals surface area contributed by atoms with Crippen molar-refractivity contribution in [2.75, 3.05) is 18.4 Å². The molecular formula is C20H29N3O3. The SMILES string of the molecule is CC1CN(C(=O)c2ccc(NC(=O)C3(N)CCCCC3)cc2)CC(C)O1. The van der Waals surface area contributed by atoms with E-state index in [1.165, 1.54) is 0 Å². The first-order chi connectivity index (χ1) is 12.4. The quantitative estimate of drug-likeness (QED) is 0.868. The Bertz CT molecular complexity index is 643. The molecule has 1 heterocycles. The number of ether oxygens (including phenoxy) is 1. The molecule has 0 radical (unpaired) electrons. The molecule has 2 fully saturated rings. The van der Waals surface area contributed by atoms with Crippen LogP contribution in [0.2, 0.25) is 0 Å². The number of anilines is 1. The number of amides is 2. The minimum atomic E-state index is -0.771. The first kappa shape index (κ1) is 18.9. The van der Waals surface area contributed by atoms with Crippen molar-refractivity contribution in [2.45, 2.75) is 63.7 Å². The summed E-state index contributed by atoms with van der Waals surface area (Å²) in [6.07, 6.45) is 4.66. The Morgan fingerprint density at radius 2 is 1.65 bits per heavy atom. The van der Waals surface area contributed by atoms with Gasteiger partial charge >= 0.3 is 0 Å². The number of nitrogens with one attached hydrogen (secondary N) is 1. The number of benzene rings is 1. The Labute approximate surface area is 155 Å². The zero-order valence-corrected chi connectivity index (χ0v) is 15.7. The monoisotopic (exact) mass is 359 g/mol. The van der Waals surface area contributed by atoms with Crippen LogP contribution < -0.4 is 11.1 Å². The first-order valence-corrected chi connectivity index (χ1v) is 9.52. The summed E-state index contributed by atoms with van der Waals surface area (Å²) in [7, 11) is 0. The zero-order valence-electron chi connectivity index (χ0n) is 15.7. The Balaban J connectivity index is 1.63. The molecule has 1 aliphatic carbocycles. The van der Waals surface area contributed by atoms with E-state index in [9.17, 15) is 9.59 Å². The third-order valence-electron chi connectivity index (χ3n) is 5.29. The minimum absolute atomic E-state index is 0.00699. The number of rotatable bonds is 3. The molecule has 1 saturated carbocycles. The number of carbonyl (C=O) groups excluding carboxylic acids is 2. The van der Waals surface area contributed by atoms with Crippen LogP contribution in [-0.4, -0.2) is 47.6 Å². The lowest BCUT2D eigenvalue weighted by molar-refractivity contribution is -0.122. The largest absolute Gasteiger partial charge is 0.372 e. The van der Waals surface area contributed by atoms with Gasteiger partial charge in [0, 0.05) is 24.3 Å². The van der Waals surface area contributed by atoms with Crippen LogP contribution in [-0.2, 0) is 9.53 Å². The molecule has 2 atom stereocenters. The van der Waals surface area contributed by atoms with E-state index in [-0.39, 0.29) is 24.0 Å². The number of hydrogen-bond donors (Lipinski definition) is 2. The first-order valence-electron chi connectivity index (χ1n) is 9.52. The van der Waals surface area contributed by atoms with Crippen LogP contribution in [0.1, 0.15) is 56.3 Å². The van der Waals surface area contributed by atoms with E-state index in [0.29, 0.717) is 24.3 Å². The van der Waals surface area contributed by atoms with Gasteiger partial charge in [-0.3, -0.25) is 9.59 Å². The second-order valence-electron chi connectivity index (χ2n) is 7.72. The average Bonchev–Trinajstić information content (AvgIpc) is 2.61. The second kappa shape index (κ2) is 7.76. The van der Waals surface area contributed by atoms with Gasteiger partial charge in [-0.05, 0) is 51.0 Å². The summed E-state index contributed by atoms with van der Waals surface area (Å²) in [6, 6.07) is 7.05. The molecule has 142 valence electrons. The second-order valence-corrected chi connectivity index (χ2v) is 7.72. The van der Waals surface area contributed by atoms with Crippen molar-refractivity contribution in [3.8, 4) is 0 Å². The number of nitrogens with zero attached hydrogens (tertiary/aromatic N) is 1. The molecule has 0 spiro atoms. The fourth-order valence-corrected chi connectivity index (χ4v) is 3.89. The van der Waals surface area contributed by atoms with Gasteiger partial charge in [0.2, 0.25) is 5.91 Å². The Morgan fingerprint density at radius 1 is 1.08 bits per heavy atom. The van der Waals surface area contributed by atoms with Crippen LogP contribution in [0, 0.1) is 0 Å². The summed E-state index contributed by atoms with van der Waals surface area (Å²) in [4.78, 5) is 27.0. The van der Waals surface area contributed by atoms with Gasteiger partial charge in [0.05, 0.1) is 17.7 Å². The molecule has 26 heavy (non-hydrogen) atoms. The lowest BCUT2D eigenvalue weighted by Gasteiger charge is -2.35. The molecule has 0 bridgehead atoms. The molecule has 1 aromatic rings. The van der Waals surface area contributed by atoms with Gasteiger partial charge in [0.1, 0.15) is 0 Å². The van der Waals surface area contributed by atoms with E-state index in [2.05, 4.69) is 5.32 Å². The highest BCUT2D eigenvalue weighted by atomic mass is 16.5. The molecule has 1 aliphatic heterocycles. The molecule has 2 unspecified atom stereocenters. The van der Waals surface area contributed by atoms with E-state index < -0.39 is 5.54 Å². The van der Waals surface area contributed by atoms with Gasteiger partial charge in [-0.1, -0.05) is 19.3 Å². The van der Waals surface area contributed by atoms with Crippen molar-refractivity contribution in [3.05, 3.63) is 29.8 Å². The molecule has 1 saturated heterocycles.